The molecule has 1 aliphatic rings. The highest BCUT2D eigenvalue weighted by atomic mass is 32.2. The quantitative estimate of drug-likeness (QED) is 0.860. The Bertz CT molecular complexity index is 951. The molecule has 0 bridgehead atoms. The van der Waals surface area contributed by atoms with Crippen molar-refractivity contribution in [3.63, 3.8) is 0 Å². The summed E-state index contributed by atoms with van der Waals surface area (Å²) in [7, 11) is -3.68. The van der Waals surface area contributed by atoms with Gasteiger partial charge < -0.3 is 5.32 Å². The van der Waals surface area contributed by atoms with Gasteiger partial charge in [-0.25, -0.2) is 17.2 Å². The van der Waals surface area contributed by atoms with Crippen LogP contribution in [0.2, 0.25) is 0 Å². The number of nitrogens with one attached hydrogen (secondary N) is 1. The van der Waals surface area contributed by atoms with Crippen molar-refractivity contribution in [1.29, 1.82) is 0 Å². The van der Waals surface area contributed by atoms with Crippen molar-refractivity contribution in [3.8, 4) is 0 Å². The van der Waals surface area contributed by atoms with E-state index in [2.05, 4.69) is 5.32 Å². The van der Waals surface area contributed by atoms with Gasteiger partial charge in [-0.1, -0.05) is 18.6 Å². The minimum absolute atomic E-state index is 0.0410. The monoisotopic (exact) mass is 394 g/mol. The van der Waals surface area contributed by atoms with Gasteiger partial charge in [0.1, 0.15) is 17.2 Å². The Balaban J connectivity index is 1.91. The molecule has 5 nitrogen and oxygen atoms in total. The summed E-state index contributed by atoms with van der Waals surface area (Å²) >= 11 is 0. The van der Waals surface area contributed by atoms with E-state index >= 15 is 0 Å². The van der Waals surface area contributed by atoms with Gasteiger partial charge in [-0.15, -0.1) is 0 Å². The molecule has 1 saturated heterocycles. The lowest BCUT2D eigenvalue weighted by molar-refractivity contribution is 0.101. The van der Waals surface area contributed by atoms with Gasteiger partial charge in [-0.05, 0) is 49.6 Å². The summed E-state index contributed by atoms with van der Waals surface area (Å²) in [5.74, 6) is -2.94. The van der Waals surface area contributed by atoms with E-state index in [1.54, 1.807) is 13.0 Å². The van der Waals surface area contributed by atoms with Crippen molar-refractivity contribution in [2.45, 2.75) is 31.1 Å². The molecular formula is C19H20F2N2O3S. The molecule has 1 aliphatic heterocycles. The Morgan fingerprint density at radius 2 is 1.67 bits per heavy atom. The van der Waals surface area contributed by atoms with Gasteiger partial charge in [0.15, 0.2) is 0 Å². The molecule has 8 heteroatoms. The number of piperidine rings is 1. The summed E-state index contributed by atoms with van der Waals surface area (Å²) in [6, 6.07) is 7.50. The van der Waals surface area contributed by atoms with Crippen LogP contribution in [-0.4, -0.2) is 31.7 Å². The fourth-order valence-electron chi connectivity index (χ4n) is 3.05. The number of carbonyl (C=O) groups excluding carboxylic acids is 1. The van der Waals surface area contributed by atoms with E-state index in [1.807, 2.05) is 0 Å². The Morgan fingerprint density at radius 1 is 1.04 bits per heavy atom. The third-order valence-electron chi connectivity index (χ3n) is 4.60. The van der Waals surface area contributed by atoms with Gasteiger partial charge in [0, 0.05) is 18.8 Å². The number of nitrogens with zero attached hydrogens (tertiary/aromatic N) is 1. The maximum absolute atomic E-state index is 13.8. The van der Waals surface area contributed by atoms with E-state index in [-0.39, 0.29) is 10.6 Å². The topological polar surface area (TPSA) is 66.5 Å². The van der Waals surface area contributed by atoms with Crippen LogP contribution in [0.3, 0.4) is 0 Å². The smallest absolute Gasteiger partial charge is 0.261 e. The van der Waals surface area contributed by atoms with Crippen LogP contribution in [0.4, 0.5) is 14.5 Å². The van der Waals surface area contributed by atoms with Crippen LogP contribution in [0.25, 0.3) is 0 Å². The van der Waals surface area contributed by atoms with E-state index in [9.17, 15) is 22.0 Å². The fourth-order valence-corrected chi connectivity index (χ4v) is 4.59. The summed E-state index contributed by atoms with van der Waals surface area (Å²) in [6.45, 7) is 2.58. The van der Waals surface area contributed by atoms with Gasteiger partial charge in [-0.2, -0.15) is 4.31 Å². The van der Waals surface area contributed by atoms with E-state index in [0.717, 1.165) is 31.4 Å². The molecule has 2 aromatic rings. The summed E-state index contributed by atoms with van der Waals surface area (Å²) in [6.07, 6.45) is 2.61. The number of carbonyl (C=O) groups is 1. The molecule has 0 atom stereocenters. The van der Waals surface area contributed by atoms with Crippen molar-refractivity contribution >= 4 is 21.6 Å². The molecule has 1 heterocycles. The second-order valence-corrected chi connectivity index (χ2v) is 8.43. The number of aryl methyl sites for hydroxylation is 1. The maximum atomic E-state index is 13.8. The van der Waals surface area contributed by atoms with E-state index in [0.29, 0.717) is 18.7 Å². The second kappa shape index (κ2) is 7.74. The highest BCUT2D eigenvalue weighted by molar-refractivity contribution is 7.89. The molecule has 0 aliphatic carbocycles. The minimum Gasteiger partial charge on any atom is -0.322 e. The molecule has 0 aromatic heterocycles. The molecule has 0 saturated carbocycles. The lowest BCUT2D eigenvalue weighted by atomic mass is 10.1. The van der Waals surface area contributed by atoms with Gasteiger partial charge in [0.05, 0.1) is 4.90 Å². The molecule has 0 spiro atoms. The van der Waals surface area contributed by atoms with Crippen LogP contribution < -0.4 is 5.32 Å². The summed E-state index contributed by atoms with van der Waals surface area (Å²) < 4.78 is 54.7. The van der Waals surface area contributed by atoms with Gasteiger partial charge >= 0.3 is 0 Å². The number of hydrogen-bond acceptors (Lipinski definition) is 3. The average molecular weight is 394 g/mol. The number of anilines is 1. The first-order valence-electron chi connectivity index (χ1n) is 8.67. The molecule has 2 aromatic carbocycles. The Kier molecular flexibility index (Phi) is 5.57. The van der Waals surface area contributed by atoms with Crippen molar-refractivity contribution in [2.24, 2.45) is 0 Å². The number of benzene rings is 2. The fraction of sp³-hybridized carbons (Fsp3) is 0.316. The number of amides is 1. The number of rotatable bonds is 4. The third kappa shape index (κ3) is 4.01. The third-order valence-corrected chi connectivity index (χ3v) is 6.49. The number of halogens is 2. The Hall–Kier alpha value is -2.32. The summed E-state index contributed by atoms with van der Waals surface area (Å²) in [4.78, 5) is 12.4. The van der Waals surface area contributed by atoms with Crippen molar-refractivity contribution < 1.29 is 22.0 Å². The lowest BCUT2D eigenvalue weighted by Crippen LogP contribution is -2.35. The summed E-state index contributed by atoms with van der Waals surface area (Å²) in [5.41, 5.74) is 0.0691. The predicted molar refractivity (Wildman–Crippen MR) is 98.1 cm³/mol. The highest BCUT2D eigenvalue weighted by Crippen LogP contribution is 2.26. The first-order chi connectivity index (χ1) is 12.8. The molecule has 0 radical (unpaired) electrons. The van der Waals surface area contributed by atoms with Gasteiger partial charge in [0.25, 0.3) is 5.91 Å². The van der Waals surface area contributed by atoms with Crippen LogP contribution in [0.5, 0.6) is 0 Å². The molecule has 144 valence electrons. The van der Waals surface area contributed by atoms with Crippen LogP contribution in [0, 0.1) is 18.6 Å². The Morgan fingerprint density at radius 3 is 2.30 bits per heavy atom. The second-order valence-electron chi connectivity index (χ2n) is 6.49. The highest BCUT2D eigenvalue weighted by Gasteiger charge is 2.27. The zero-order valence-electron chi connectivity index (χ0n) is 14.8. The van der Waals surface area contributed by atoms with E-state index in [1.165, 1.54) is 22.5 Å². The van der Waals surface area contributed by atoms with Crippen molar-refractivity contribution in [1.82, 2.24) is 4.31 Å². The average Bonchev–Trinajstić information content (AvgIpc) is 2.64. The lowest BCUT2D eigenvalue weighted by Gasteiger charge is -2.26. The molecule has 0 unspecified atom stereocenters. The molecular weight excluding hydrogens is 374 g/mol. The van der Waals surface area contributed by atoms with Crippen LogP contribution in [0.15, 0.2) is 41.3 Å². The molecule has 1 fully saturated rings. The van der Waals surface area contributed by atoms with Gasteiger partial charge in [0.2, 0.25) is 10.0 Å². The largest absolute Gasteiger partial charge is 0.322 e. The van der Waals surface area contributed by atoms with Crippen molar-refractivity contribution in [3.05, 3.63) is 59.2 Å². The number of sulfonamides is 1. The van der Waals surface area contributed by atoms with E-state index in [4.69, 9.17) is 0 Å². The maximum Gasteiger partial charge on any atom is 0.261 e. The standard InChI is InChI=1S/C19H20F2N2O3S/c1-13-8-9-14(27(25,26)23-10-3-2-4-11-23)12-17(13)22-19(24)18-15(20)6-5-7-16(18)21/h5-9,12H,2-4,10-11H2,1H3,(H,22,24). The molecule has 1 N–H and O–H groups in total. The minimum atomic E-state index is -3.68. The molecule has 27 heavy (non-hydrogen) atoms. The Labute approximate surface area is 157 Å². The van der Waals surface area contributed by atoms with Crippen LogP contribution in [-0.2, 0) is 10.0 Å². The van der Waals surface area contributed by atoms with Crippen molar-refractivity contribution in [2.75, 3.05) is 18.4 Å². The van der Waals surface area contributed by atoms with E-state index < -0.39 is 33.1 Å². The zero-order valence-corrected chi connectivity index (χ0v) is 15.7. The first-order valence-corrected chi connectivity index (χ1v) is 10.1. The predicted octanol–water partition coefficient (Wildman–Crippen LogP) is 3.70. The number of hydrogen-bond donors (Lipinski definition) is 1. The molecule has 1 amide bonds. The first kappa shape index (κ1) is 19.4. The van der Waals surface area contributed by atoms with Crippen LogP contribution in [0.1, 0.15) is 35.2 Å². The van der Waals surface area contributed by atoms with Crippen LogP contribution >= 0.6 is 0 Å². The SMILES string of the molecule is Cc1ccc(S(=O)(=O)N2CCCCC2)cc1NC(=O)c1c(F)cccc1F. The summed E-state index contributed by atoms with van der Waals surface area (Å²) in [5, 5.41) is 2.42. The molecule has 3 rings (SSSR count). The normalized spacial score (nSPS) is 15.5. The van der Waals surface area contributed by atoms with Gasteiger partial charge in [-0.3, -0.25) is 4.79 Å². The zero-order chi connectivity index (χ0) is 19.6.